The zero-order chi connectivity index (χ0) is 24.0. The van der Waals surface area contributed by atoms with Gasteiger partial charge in [0.05, 0.1) is 5.56 Å². The number of carbonyl (C=O) groups is 1. The Kier molecular flexibility index (Phi) is 5.04. The fourth-order valence-electron chi connectivity index (χ4n) is 3.90. The van der Waals surface area contributed by atoms with Gasteiger partial charge in [-0.3, -0.25) is 4.79 Å². The minimum Gasteiger partial charge on any atom is -0.339 e. The first-order valence-electron chi connectivity index (χ1n) is 10.2. The largest absolute Gasteiger partial charge is 0.416 e. The summed E-state index contributed by atoms with van der Waals surface area (Å²) in [5.41, 5.74) is 2.95. The lowest BCUT2D eigenvalue weighted by molar-refractivity contribution is -0.137. The maximum Gasteiger partial charge on any atom is 0.416 e. The average molecular weight is 464 g/mol. The van der Waals surface area contributed by atoms with Crippen LogP contribution in [0.4, 0.5) is 23.2 Å². The van der Waals surface area contributed by atoms with Crippen LogP contribution in [0, 0.1) is 12.7 Å². The highest BCUT2D eigenvalue weighted by Crippen LogP contribution is 2.33. The van der Waals surface area contributed by atoms with E-state index < -0.39 is 29.0 Å². The maximum absolute atomic E-state index is 13.7. The number of amides is 1. The Bertz CT molecular complexity index is 1570. The molecule has 1 amide bonds. The summed E-state index contributed by atoms with van der Waals surface area (Å²) >= 11 is 0. The van der Waals surface area contributed by atoms with Crippen molar-refractivity contribution in [1.29, 1.82) is 0 Å². The van der Waals surface area contributed by atoms with E-state index in [1.165, 1.54) is 6.33 Å². The minimum absolute atomic E-state index is 0.354. The molecular formula is C25H16F4N4O. The van der Waals surface area contributed by atoms with Gasteiger partial charge in [-0.2, -0.15) is 13.2 Å². The van der Waals surface area contributed by atoms with Gasteiger partial charge in [-0.1, -0.05) is 12.1 Å². The van der Waals surface area contributed by atoms with Gasteiger partial charge in [0, 0.05) is 33.7 Å². The van der Waals surface area contributed by atoms with Crippen molar-refractivity contribution < 1.29 is 22.4 Å². The van der Waals surface area contributed by atoms with Crippen LogP contribution in [0.5, 0.6) is 0 Å². The lowest BCUT2D eigenvalue weighted by atomic mass is 9.98. The number of hydrogen-bond donors (Lipinski definition) is 2. The topological polar surface area (TPSA) is 70.7 Å². The highest BCUT2D eigenvalue weighted by atomic mass is 19.4. The van der Waals surface area contributed by atoms with Gasteiger partial charge in [0.2, 0.25) is 0 Å². The Hall–Kier alpha value is -4.27. The summed E-state index contributed by atoms with van der Waals surface area (Å²) in [6.45, 7) is 1.91. The van der Waals surface area contributed by atoms with E-state index in [1.807, 2.05) is 25.1 Å². The predicted molar refractivity (Wildman–Crippen MR) is 121 cm³/mol. The molecule has 0 unspecified atom stereocenters. The number of hydrogen-bond acceptors (Lipinski definition) is 3. The summed E-state index contributed by atoms with van der Waals surface area (Å²) in [4.78, 5) is 24.1. The molecule has 0 fully saturated rings. The highest BCUT2D eigenvalue weighted by molar-refractivity contribution is 6.07. The molecule has 3 aromatic carbocycles. The van der Waals surface area contributed by atoms with Crippen molar-refractivity contribution in [2.75, 3.05) is 5.32 Å². The third-order valence-electron chi connectivity index (χ3n) is 5.57. The van der Waals surface area contributed by atoms with Crippen LogP contribution in [0.25, 0.3) is 33.1 Å². The SMILES string of the molecule is Cc1ccc(NC(=O)c2cc(F)cc(C(F)(F)F)c2)cc1-c1ccc2[nH]c3ncncc3c2c1. The molecule has 2 heterocycles. The highest BCUT2D eigenvalue weighted by Gasteiger charge is 2.32. The van der Waals surface area contributed by atoms with Crippen molar-refractivity contribution in [3.8, 4) is 11.1 Å². The first-order chi connectivity index (χ1) is 16.2. The summed E-state index contributed by atoms with van der Waals surface area (Å²) in [5, 5.41) is 4.36. The van der Waals surface area contributed by atoms with Crippen LogP contribution >= 0.6 is 0 Å². The number of aromatic nitrogens is 3. The molecule has 34 heavy (non-hydrogen) atoms. The molecule has 9 heteroatoms. The number of fused-ring (bicyclic) bond motifs is 3. The predicted octanol–water partition coefficient (Wildman–Crippen LogP) is 6.50. The minimum atomic E-state index is -4.76. The second-order valence-electron chi connectivity index (χ2n) is 7.88. The van der Waals surface area contributed by atoms with Crippen LogP contribution in [0.3, 0.4) is 0 Å². The van der Waals surface area contributed by atoms with Gasteiger partial charge >= 0.3 is 6.18 Å². The van der Waals surface area contributed by atoms with Crippen molar-refractivity contribution in [1.82, 2.24) is 15.0 Å². The lowest BCUT2D eigenvalue weighted by Crippen LogP contribution is -2.14. The Morgan fingerprint density at radius 1 is 1.00 bits per heavy atom. The number of halogens is 4. The molecule has 5 rings (SSSR count). The molecule has 0 spiro atoms. The van der Waals surface area contributed by atoms with E-state index in [4.69, 9.17) is 0 Å². The van der Waals surface area contributed by atoms with Gasteiger partial charge in [0.15, 0.2) is 0 Å². The molecule has 0 aliphatic rings. The van der Waals surface area contributed by atoms with Crippen molar-refractivity contribution in [3.63, 3.8) is 0 Å². The Balaban J connectivity index is 1.50. The summed E-state index contributed by atoms with van der Waals surface area (Å²) in [6, 6.07) is 12.7. The van der Waals surface area contributed by atoms with Crippen LogP contribution in [-0.4, -0.2) is 20.9 Å². The fraction of sp³-hybridized carbons (Fsp3) is 0.0800. The molecular weight excluding hydrogens is 448 g/mol. The zero-order valence-electron chi connectivity index (χ0n) is 17.7. The number of aryl methyl sites for hydroxylation is 1. The smallest absolute Gasteiger partial charge is 0.339 e. The molecule has 170 valence electrons. The molecule has 5 aromatic rings. The third-order valence-corrected chi connectivity index (χ3v) is 5.57. The second-order valence-corrected chi connectivity index (χ2v) is 7.88. The van der Waals surface area contributed by atoms with Gasteiger partial charge < -0.3 is 10.3 Å². The van der Waals surface area contributed by atoms with E-state index in [0.717, 1.165) is 39.0 Å². The maximum atomic E-state index is 13.7. The Morgan fingerprint density at radius 3 is 2.62 bits per heavy atom. The number of rotatable bonds is 3. The molecule has 0 bridgehead atoms. The van der Waals surface area contributed by atoms with Gasteiger partial charge in [0.25, 0.3) is 5.91 Å². The number of carbonyl (C=O) groups excluding carboxylic acids is 1. The molecule has 0 saturated carbocycles. The van der Waals surface area contributed by atoms with E-state index in [2.05, 4.69) is 20.3 Å². The second kappa shape index (κ2) is 7.95. The van der Waals surface area contributed by atoms with Gasteiger partial charge in [-0.25, -0.2) is 14.4 Å². The summed E-state index contributed by atoms with van der Waals surface area (Å²) in [5.74, 6) is -1.98. The summed E-state index contributed by atoms with van der Waals surface area (Å²) < 4.78 is 52.7. The molecule has 2 N–H and O–H groups in total. The van der Waals surface area contributed by atoms with Crippen molar-refractivity contribution >= 4 is 33.5 Å². The summed E-state index contributed by atoms with van der Waals surface area (Å²) in [7, 11) is 0. The molecule has 0 aliphatic heterocycles. The van der Waals surface area contributed by atoms with E-state index in [0.29, 0.717) is 23.5 Å². The number of H-pyrrole nitrogens is 1. The Morgan fingerprint density at radius 2 is 1.82 bits per heavy atom. The number of alkyl halides is 3. The molecule has 0 radical (unpaired) electrons. The number of benzene rings is 3. The van der Waals surface area contributed by atoms with E-state index in [9.17, 15) is 22.4 Å². The molecule has 0 atom stereocenters. The van der Waals surface area contributed by atoms with Crippen LogP contribution in [0.15, 0.2) is 67.1 Å². The summed E-state index contributed by atoms with van der Waals surface area (Å²) in [6.07, 6.45) is -1.58. The first-order valence-corrected chi connectivity index (χ1v) is 10.2. The number of nitrogens with zero attached hydrogens (tertiary/aromatic N) is 2. The van der Waals surface area contributed by atoms with E-state index in [-0.39, 0.29) is 0 Å². The van der Waals surface area contributed by atoms with Crippen LogP contribution in [-0.2, 0) is 6.18 Å². The van der Waals surface area contributed by atoms with E-state index in [1.54, 1.807) is 24.4 Å². The quantitative estimate of drug-likeness (QED) is 0.300. The van der Waals surface area contributed by atoms with Crippen molar-refractivity contribution in [2.24, 2.45) is 0 Å². The molecule has 5 nitrogen and oxygen atoms in total. The van der Waals surface area contributed by atoms with Gasteiger partial charge in [-0.05, 0) is 66.1 Å². The molecule has 2 aromatic heterocycles. The fourth-order valence-corrected chi connectivity index (χ4v) is 3.90. The van der Waals surface area contributed by atoms with E-state index >= 15 is 0 Å². The normalized spacial score (nSPS) is 11.8. The van der Waals surface area contributed by atoms with Crippen LogP contribution in [0.2, 0.25) is 0 Å². The van der Waals surface area contributed by atoms with Crippen molar-refractivity contribution in [2.45, 2.75) is 13.1 Å². The molecule has 0 aliphatic carbocycles. The zero-order valence-corrected chi connectivity index (χ0v) is 17.7. The van der Waals surface area contributed by atoms with Crippen LogP contribution < -0.4 is 5.32 Å². The number of nitrogens with one attached hydrogen (secondary N) is 2. The van der Waals surface area contributed by atoms with Gasteiger partial charge in [0.1, 0.15) is 17.8 Å². The number of aromatic amines is 1. The van der Waals surface area contributed by atoms with Gasteiger partial charge in [-0.15, -0.1) is 0 Å². The standard InChI is InChI=1S/C25H16F4N4O/c1-13-2-4-18(32-24(34)15-6-16(25(27,28)29)9-17(26)7-15)10-19(13)14-3-5-22-20(8-14)21-11-30-12-31-23(21)33-22/h2-12H,1H3,(H,32,34)(H,30,31,33). The first kappa shape index (κ1) is 21.6. The van der Waals surface area contributed by atoms with Crippen LogP contribution in [0.1, 0.15) is 21.5 Å². The monoisotopic (exact) mass is 464 g/mol. The average Bonchev–Trinajstić information content (AvgIpc) is 3.17. The van der Waals surface area contributed by atoms with Crippen molar-refractivity contribution in [3.05, 3.63) is 89.6 Å². The Labute approximate surface area is 190 Å². The number of anilines is 1. The lowest BCUT2D eigenvalue weighted by Gasteiger charge is -2.12. The molecule has 0 saturated heterocycles. The third kappa shape index (κ3) is 3.96.